The van der Waals surface area contributed by atoms with Crippen molar-refractivity contribution in [1.29, 1.82) is 0 Å². The first-order valence-corrected chi connectivity index (χ1v) is 6.54. The molecule has 158 valence electrons. The van der Waals surface area contributed by atoms with Crippen LogP contribution in [-0.2, 0) is 19.7 Å². The van der Waals surface area contributed by atoms with Crippen LogP contribution in [-0.4, -0.2) is 50.7 Å². The largest absolute Gasteiger partial charge is 0.464 e. The van der Waals surface area contributed by atoms with E-state index in [4.69, 9.17) is 0 Å². The van der Waals surface area contributed by atoms with Crippen molar-refractivity contribution in [2.75, 3.05) is 6.61 Å². The predicted octanol–water partition coefficient (Wildman–Crippen LogP) is 3.89. The number of hydrogen-bond acceptors (Lipinski definition) is 4. The van der Waals surface area contributed by atoms with E-state index in [1.807, 2.05) is 0 Å². The molecule has 0 aromatic carbocycles. The van der Waals surface area contributed by atoms with E-state index in [0.29, 0.717) is 0 Å². The molecule has 19 heteroatoms. The first-order chi connectivity index (χ1) is 10.9. The zero-order valence-corrected chi connectivity index (χ0v) is 11.9. The van der Waals surface area contributed by atoms with Crippen molar-refractivity contribution in [3.63, 3.8) is 0 Å². The quantitative estimate of drug-likeness (QED) is 0.438. The third-order valence-corrected chi connectivity index (χ3v) is 2.92. The van der Waals surface area contributed by atoms with Gasteiger partial charge in [-0.3, -0.25) is 4.74 Å². The highest BCUT2D eigenvalue weighted by Crippen LogP contribution is 2.53. The Labute approximate surface area is 132 Å². The molecule has 0 rings (SSSR count). The maximum atomic E-state index is 13.3. The fourth-order valence-electron chi connectivity index (χ4n) is 0.926. The highest BCUT2D eigenvalue weighted by molar-refractivity contribution is 7.87. The van der Waals surface area contributed by atoms with Crippen LogP contribution in [0, 0.1) is 0 Å². The van der Waals surface area contributed by atoms with E-state index >= 15 is 0 Å². The summed E-state index contributed by atoms with van der Waals surface area (Å²) in [6, 6.07) is 0. The van der Waals surface area contributed by atoms with E-state index in [1.54, 1.807) is 0 Å². The van der Waals surface area contributed by atoms with Crippen molar-refractivity contribution in [1.82, 2.24) is 0 Å². The van der Waals surface area contributed by atoms with Gasteiger partial charge in [-0.15, -0.1) is 0 Å². The van der Waals surface area contributed by atoms with Gasteiger partial charge in [-0.1, -0.05) is 3.89 Å². The van der Waals surface area contributed by atoms with Crippen molar-refractivity contribution in [2.24, 2.45) is 0 Å². The normalized spacial score (nSPS) is 17.9. The summed E-state index contributed by atoms with van der Waals surface area (Å²) < 4.78 is 197. The van der Waals surface area contributed by atoms with Gasteiger partial charge in [0.2, 0.25) is 0 Å². The number of halogens is 14. The number of alkyl halides is 13. The fourth-order valence-corrected chi connectivity index (χ4v) is 1.25. The minimum absolute atomic E-state index is 1.47. The van der Waals surface area contributed by atoms with E-state index in [9.17, 15) is 69.4 Å². The molecule has 0 aromatic heterocycles. The lowest BCUT2D eigenvalue weighted by Gasteiger charge is -2.36. The highest BCUT2D eigenvalue weighted by Gasteiger charge is 2.82. The number of hydrogen-bond donors (Lipinski definition) is 0. The second-order valence-electron chi connectivity index (χ2n) is 4.09. The molecule has 0 bridgehead atoms. The van der Waals surface area contributed by atoms with E-state index in [0.717, 1.165) is 0 Å². The topological polar surface area (TPSA) is 52.6 Å². The molecule has 0 aliphatic rings. The molecule has 0 N–H and O–H groups in total. The Morgan fingerprint density at radius 3 is 1.35 bits per heavy atom. The minimum atomic E-state index is -7.87. The Balaban J connectivity index is 6.14. The molecule has 0 saturated carbocycles. The molecule has 4 nitrogen and oxygen atoms in total. The van der Waals surface area contributed by atoms with E-state index < -0.39 is 52.5 Å². The molecule has 1 unspecified atom stereocenters. The maximum absolute atomic E-state index is 13.3. The molecule has 0 saturated heterocycles. The summed E-state index contributed by atoms with van der Waals surface area (Å²) in [5.41, 5.74) is 0. The molecule has 0 spiro atoms. The van der Waals surface area contributed by atoms with Gasteiger partial charge in [0, 0.05) is 0 Å². The van der Waals surface area contributed by atoms with Gasteiger partial charge < -0.3 is 4.74 Å². The van der Waals surface area contributed by atoms with Gasteiger partial charge >= 0.3 is 45.9 Å². The minimum Gasteiger partial charge on any atom is -0.306 e. The van der Waals surface area contributed by atoms with Crippen LogP contribution in [0.25, 0.3) is 0 Å². The molecule has 0 radical (unpaired) electrons. The number of ether oxygens (including phenoxy) is 2. The summed E-state index contributed by atoms with van der Waals surface area (Å²) in [6.45, 7) is -3.41. The molecule has 1 atom stereocenters. The van der Waals surface area contributed by atoms with Crippen LogP contribution < -0.4 is 0 Å². The smallest absolute Gasteiger partial charge is 0.306 e. The van der Waals surface area contributed by atoms with Crippen LogP contribution >= 0.6 is 0 Å². The summed E-state index contributed by atoms with van der Waals surface area (Å²) in [6.07, 6.45) is -27.9. The molecular weight excluding hydrogens is 446 g/mol. The highest BCUT2D eigenvalue weighted by atomic mass is 32.3. The van der Waals surface area contributed by atoms with Crippen LogP contribution in [0.4, 0.5) is 61.0 Å². The SMILES string of the molecule is O=S(=O)(F)C(F)(F)C(F)(F)OC(F)(C(F)(F)F)C(F)(F)OCC(F)(F)F. The van der Waals surface area contributed by atoms with Gasteiger partial charge in [0.15, 0.2) is 0 Å². The third kappa shape index (κ3) is 4.78. The fraction of sp³-hybridized carbons (Fsp3) is 1.00. The molecule has 0 fully saturated rings. The molecule has 0 amide bonds. The summed E-state index contributed by atoms with van der Waals surface area (Å²) in [4.78, 5) is 0. The Morgan fingerprint density at radius 1 is 0.692 bits per heavy atom. The molecule has 26 heavy (non-hydrogen) atoms. The van der Waals surface area contributed by atoms with Crippen molar-refractivity contribution >= 4 is 10.2 Å². The van der Waals surface area contributed by atoms with Crippen LogP contribution in [0.5, 0.6) is 0 Å². The van der Waals surface area contributed by atoms with Crippen molar-refractivity contribution < 1.29 is 78.9 Å². The monoisotopic (exact) mass is 448 g/mol. The van der Waals surface area contributed by atoms with Crippen LogP contribution in [0.2, 0.25) is 0 Å². The lowest BCUT2D eigenvalue weighted by Crippen LogP contribution is -2.64. The first kappa shape index (κ1) is 24.9. The zero-order valence-electron chi connectivity index (χ0n) is 11.0. The van der Waals surface area contributed by atoms with Gasteiger partial charge in [-0.05, 0) is 0 Å². The van der Waals surface area contributed by atoms with Crippen LogP contribution in [0.3, 0.4) is 0 Å². The Morgan fingerprint density at radius 2 is 1.08 bits per heavy atom. The average molecular weight is 448 g/mol. The van der Waals surface area contributed by atoms with Gasteiger partial charge in [0.05, 0.1) is 0 Å². The average Bonchev–Trinajstić information content (AvgIpc) is 2.32. The Hall–Kier alpha value is -1.11. The van der Waals surface area contributed by atoms with E-state index in [-0.39, 0.29) is 0 Å². The number of rotatable bonds is 7. The molecule has 0 aromatic rings. The van der Waals surface area contributed by atoms with E-state index in [2.05, 4.69) is 4.74 Å². The summed E-state index contributed by atoms with van der Waals surface area (Å²) in [5.74, 6) is -7.46. The first-order valence-electron chi connectivity index (χ1n) is 5.15. The third-order valence-electron chi connectivity index (χ3n) is 2.07. The lowest BCUT2D eigenvalue weighted by molar-refractivity contribution is -0.516. The van der Waals surface area contributed by atoms with Crippen LogP contribution in [0.15, 0.2) is 0 Å². The van der Waals surface area contributed by atoms with Crippen molar-refractivity contribution in [2.45, 2.75) is 35.7 Å². The van der Waals surface area contributed by atoms with Gasteiger partial charge in [0.25, 0.3) is 0 Å². The second-order valence-corrected chi connectivity index (χ2v) is 5.48. The van der Waals surface area contributed by atoms with Gasteiger partial charge in [-0.25, -0.2) is 0 Å². The van der Waals surface area contributed by atoms with Gasteiger partial charge in [-0.2, -0.15) is 65.5 Å². The Kier molecular flexibility index (Phi) is 6.22. The molecular formula is C7H2F14O4S. The summed E-state index contributed by atoms with van der Waals surface area (Å²) in [7, 11) is -7.87. The van der Waals surface area contributed by atoms with Gasteiger partial charge in [0.1, 0.15) is 6.61 Å². The maximum Gasteiger partial charge on any atom is 0.464 e. The predicted molar refractivity (Wildman–Crippen MR) is 47.9 cm³/mol. The standard InChI is InChI=1S/C7H2F14O4S/c8-2(9,10)1-24-5(15,16)3(11,4(12,13)14)25-6(17,18)7(19,20)26(21,22)23/h1H2. The lowest BCUT2D eigenvalue weighted by atomic mass is 10.2. The molecule has 0 heterocycles. The van der Waals surface area contributed by atoms with Crippen LogP contribution in [0.1, 0.15) is 0 Å². The second kappa shape index (κ2) is 6.50. The molecule has 0 aliphatic heterocycles. The Bertz CT molecular complexity index is 606. The van der Waals surface area contributed by atoms with Crippen molar-refractivity contribution in [3.05, 3.63) is 0 Å². The summed E-state index contributed by atoms with van der Waals surface area (Å²) >= 11 is 0. The summed E-state index contributed by atoms with van der Waals surface area (Å²) in [5, 5.41) is -7.34. The molecule has 0 aliphatic carbocycles. The van der Waals surface area contributed by atoms with Crippen molar-refractivity contribution in [3.8, 4) is 0 Å². The zero-order chi connectivity index (χ0) is 21.6. The van der Waals surface area contributed by atoms with E-state index in [1.165, 1.54) is 4.74 Å².